The van der Waals surface area contributed by atoms with Crippen LogP contribution in [0.3, 0.4) is 0 Å². The van der Waals surface area contributed by atoms with Crippen molar-refractivity contribution in [2.24, 2.45) is 5.73 Å². The summed E-state index contributed by atoms with van der Waals surface area (Å²) in [6, 6.07) is 11.7. The molecule has 2 aromatic carbocycles. The fourth-order valence-electron chi connectivity index (χ4n) is 3.20. The Labute approximate surface area is 174 Å². The number of nitrogens with zero attached hydrogens (tertiary/aromatic N) is 3. The van der Waals surface area contributed by atoms with Crippen LogP contribution in [-0.4, -0.2) is 47.3 Å². The van der Waals surface area contributed by atoms with E-state index in [1.807, 2.05) is 18.2 Å². The van der Waals surface area contributed by atoms with Gasteiger partial charge >= 0.3 is 0 Å². The summed E-state index contributed by atoms with van der Waals surface area (Å²) in [5, 5.41) is 6.93. The molecule has 0 radical (unpaired) electrons. The van der Waals surface area contributed by atoms with Crippen LogP contribution in [0.2, 0.25) is 0 Å². The van der Waals surface area contributed by atoms with E-state index in [0.29, 0.717) is 39.8 Å². The van der Waals surface area contributed by atoms with Crippen LogP contribution < -0.4 is 20.1 Å². The number of ether oxygens (including phenoxy) is 2. The number of nitrogens with two attached hydrogens (primary N) is 1. The average Bonchev–Trinajstić information content (AvgIpc) is 3.45. The van der Waals surface area contributed by atoms with Gasteiger partial charge in [-0.2, -0.15) is 5.10 Å². The number of rotatable bonds is 6. The second-order valence-electron chi connectivity index (χ2n) is 6.59. The van der Waals surface area contributed by atoms with Crippen LogP contribution in [0.4, 0.5) is 5.69 Å². The molecule has 0 saturated heterocycles. The zero-order chi connectivity index (χ0) is 22.0. The molecule has 0 fully saturated rings. The molecule has 4 aromatic rings. The Hall–Kier alpha value is -3.85. The van der Waals surface area contributed by atoms with Crippen molar-refractivity contribution >= 4 is 22.6 Å². The summed E-state index contributed by atoms with van der Waals surface area (Å²) in [5.41, 5.74) is 9.09. The Morgan fingerprint density at radius 3 is 2.63 bits per heavy atom. The van der Waals surface area contributed by atoms with Gasteiger partial charge in [-0.15, -0.1) is 0 Å². The molecule has 1 unspecified atom stereocenters. The zero-order valence-corrected chi connectivity index (χ0v) is 16.5. The second kappa shape index (κ2) is 7.88. The Bertz CT molecular complexity index is 1170. The first-order valence-corrected chi connectivity index (χ1v) is 9.14. The lowest BCUT2D eigenvalue weighted by molar-refractivity contribution is -0.119. The molecular formula is C21H22N6O3. The van der Waals surface area contributed by atoms with Crippen molar-refractivity contribution in [3.05, 3.63) is 54.2 Å². The SMILES string of the molecule is [2H]CN(C(=O)C(N)c1ccccc1)c1cn[nH]c1-c1nc2cc(OC)c(OC)cc2[nH]1. The number of methoxy groups -OCH3 is 2. The Kier molecular flexibility index (Phi) is 4.78. The van der Waals surface area contributed by atoms with Crippen LogP contribution in [-0.2, 0) is 4.79 Å². The zero-order valence-electron chi connectivity index (χ0n) is 17.5. The van der Waals surface area contributed by atoms with Crippen LogP contribution >= 0.6 is 0 Å². The van der Waals surface area contributed by atoms with Crippen molar-refractivity contribution in [1.29, 1.82) is 0 Å². The van der Waals surface area contributed by atoms with Gasteiger partial charge in [-0.05, 0) is 5.56 Å². The summed E-state index contributed by atoms with van der Waals surface area (Å²) in [6.45, 7) is 0. The molecule has 154 valence electrons. The van der Waals surface area contributed by atoms with Gasteiger partial charge in [0.2, 0.25) is 5.91 Å². The molecule has 2 heterocycles. The Morgan fingerprint density at radius 2 is 1.93 bits per heavy atom. The minimum Gasteiger partial charge on any atom is -0.493 e. The molecule has 0 bridgehead atoms. The second-order valence-corrected chi connectivity index (χ2v) is 6.59. The molecule has 0 aliphatic heterocycles. The number of amides is 1. The predicted molar refractivity (Wildman–Crippen MR) is 114 cm³/mol. The van der Waals surface area contributed by atoms with E-state index in [2.05, 4.69) is 20.2 Å². The van der Waals surface area contributed by atoms with Gasteiger partial charge in [0.1, 0.15) is 11.7 Å². The number of fused-ring (bicyclic) bond motifs is 1. The maximum absolute atomic E-state index is 13.1. The van der Waals surface area contributed by atoms with Gasteiger partial charge in [-0.25, -0.2) is 4.98 Å². The summed E-state index contributed by atoms with van der Waals surface area (Å²) >= 11 is 0. The minimum atomic E-state index is -0.904. The molecule has 1 atom stereocenters. The van der Waals surface area contributed by atoms with Gasteiger partial charge in [0.05, 0.1) is 37.1 Å². The largest absolute Gasteiger partial charge is 0.493 e. The van der Waals surface area contributed by atoms with E-state index in [-0.39, 0.29) is 7.02 Å². The summed E-state index contributed by atoms with van der Waals surface area (Å²) in [5.74, 6) is 1.15. The number of carbonyl (C=O) groups excluding carboxylic acids is 1. The number of H-pyrrole nitrogens is 2. The van der Waals surface area contributed by atoms with Gasteiger partial charge in [0.15, 0.2) is 17.3 Å². The van der Waals surface area contributed by atoms with Crippen LogP contribution in [0, 0.1) is 0 Å². The Morgan fingerprint density at radius 1 is 1.20 bits per heavy atom. The first-order chi connectivity index (χ1) is 15.1. The lowest BCUT2D eigenvalue weighted by Gasteiger charge is -2.21. The van der Waals surface area contributed by atoms with Crippen molar-refractivity contribution in [1.82, 2.24) is 20.2 Å². The number of hydrogen-bond donors (Lipinski definition) is 3. The smallest absolute Gasteiger partial charge is 0.248 e. The number of likely N-dealkylation sites (N-methyl/N-ethyl adjacent to an activating group) is 1. The molecule has 1 amide bonds. The highest BCUT2D eigenvalue weighted by atomic mass is 16.5. The van der Waals surface area contributed by atoms with E-state index in [1.165, 1.54) is 11.1 Å². The maximum Gasteiger partial charge on any atom is 0.248 e. The van der Waals surface area contributed by atoms with Crippen LogP contribution in [0.1, 0.15) is 13.0 Å². The first kappa shape index (κ1) is 18.2. The van der Waals surface area contributed by atoms with Crippen LogP contribution in [0.5, 0.6) is 11.5 Å². The summed E-state index contributed by atoms with van der Waals surface area (Å²) < 4.78 is 18.6. The molecule has 30 heavy (non-hydrogen) atoms. The van der Waals surface area contributed by atoms with E-state index in [4.69, 9.17) is 16.6 Å². The molecule has 0 aliphatic carbocycles. The highest BCUT2D eigenvalue weighted by Crippen LogP contribution is 2.34. The van der Waals surface area contributed by atoms with E-state index in [0.717, 1.165) is 5.52 Å². The number of aromatic amines is 2. The normalized spacial score (nSPS) is 12.4. The number of aromatic nitrogens is 4. The highest BCUT2D eigenvalue weighted by Gasteiger charge is 2.25. The lowest BCUT2D eigenvalue weighted by Crippen LogP contribution is -2.36. The molecule has 9 heteroatoms. The predicted octanol–water partition coefficient (Wildman–Crippen LogP) is 2.63. The van der Waals surface area contributed by atoms with Gasteiger partial charge in [0.25, 0.3) is 0 Å². The third-order valence-electron chi connectivity index (χ3n) is 4.82. The minimum absolute atomic E-state index is 0.326. The van der Waals surface area contributed by atoms with E-state index < -0.39 is 11.9 Å². The molecule has 0 aliphatic rings. The number of imidazole rings is 1. The van der Waals surface area contributed by atoms with E-state index >= 15 is 0 Å². The topological polar surface area (TPSA) is 122 Å². The summed E-state index contributed by atoms with van der Waals surface area (Å²) in [6.07, 6.45) is 1.48. The van der Waals surface area contributed by atoms with Crippen LogP contribution in [0.15, 0.2) is 48.7 Å². The van der Waals surface area contributed by atoms with Crippen molar-refractivity contribution in [3.8, 4) is 23.0 Å². The molecule has 0 saturated carbocycles. The number of carbonyl (C=O) groups is 1. The van der Waals surface area contributed by atoms with E-state index in [1.54, 1.807) is 38.5 Å². The lowest BCUT2D eigenvalue weighted by atomic mass is 10.1. The molecular weight excluding hydrogens is 384 g/mol. The first-order valence-electron chi connectivity index (χ1n) is 9.84. The maximum atomic E-state index is 13.1. The third-order valence-corrected chi connectivity index (χ3v) is 4.82. The molecule has 9 nitrogen and oxygen atoms in total. The van der Waals surface area contributed by atoms with Crippen molar-refractivity contribution in [3.63, 3.8) is 0 Å². The molecule has 2 aromatic heterocycles. The fourth-order valence-corrected chi connectivity index (χ4v) is 3.20. The highest BCUT2D eigenvalue weighted by molar-refractivity contribution is 6.00. The average molecular weight is 407 g/mol. The number of anilines is 1. The quantitative estimate of drug-likeness (QED) is 0.452. The standard InChI is InChI=1S/C21H22N6O3/c1-27(21(28)18(22)12-7-5-4-6-8-12)15-11-23-26-19(15)20-24-13-9-16(29-2)17(30-3)10-14(13)25-20/h4-11,18H,22H2,1-3H3,(H,23,26)(H,24,25)/i1D. The fraction of sp³-hybridized carbons (Fsp3) is 0.190. The van der Waals surface area contributed by atoms with Gasteiger partial charge in [-0.1, -0.05) is 30.3 Å². The number of nitrogens with one attached hydrogen (secondary N) is 2. The third kappa shape index (κ3) is 3.35. The molecule has 4 N–H and O–H groups in total. The van der Waals surface area contributed by atoms with Crippen LogP contribution in [0.25, 0.3) is 22.6 Å². The molecule has 0 spiro atoms. The van der Waals surface area contributed by atoms with Gasteiger partial charge in [-0.3, -0.25) is 9.89 Å². The monoisotopic (exact) mass is 407 g/mol. The van der Waals surface area contributed by atoms with Crippen molar-refractivity contribution < 1.29 is 15.6 Å². The summed E-state index contributed by atoms with van der Waals surface area (Å²) in [4.78, 5) is 22.1. The Balaban J connectivity index is 1.71. The molecule has 4 rings (SSSR count). The van der Waals surface area contributed by atoms with Gasteiger partial charge < -0.3 is 25.1 Å². The van der Waals surface area contributed by atoms with Crippen molar-refractivity contribution in [2.45, 2.75) is 6.04 Å². The van der Waals surface area contributed by atoms with Crippen molar-refractivity contribution in [2.75, 3.05) is 26.1 Å². The number of hydrogen-bond acceptors (Lipinski definition) is 6. The summed E-state index contributed by atoms with van der Waals surface area (Å²) in [7, 11) is 2.79. The van der Waals surface area contributed by atoms with E-state index in [9.17, 15) is 4.79 Å². The number of benzene rings is 2. The van der Waals surface area contributed by atoms with Gasteiger partial charge in [0, 0.05) is 20.5 Å².